The van der Waals surface area contributed by atoms with E-state index < -0.39 is 0 Å². The molecule has 2 aromatic rings. The van der Waals surface area contributed by atoms with Gasteiger partial charge in [-0.25, -0.2) is 0 Å². The molecular weight excluding hydrogens is 250 g/mol. The molecule has 0 bridgehead atoms. The smallest absolute Gasteiger partial charge is 0.0743 e. The van der Waals surface area contributed by atoms with Crippen molar-refractivity contribution in [3.63, 3.8) is 0 Å². The van der Waals surface area contributed by atoms with Crippen LogP contribution in [-0.2, 0) is 4.74 Å². The van der Waals surface area contributed by atoms with Crippen LogP contribution in [0.15, 0.2) is 30.5 Å². The monoisotopic (exact) mass is 271 g/mol. The van der Waals surface area contributed by atoms with Gasteiger partial charge in [0.05, 0.1) is 29.2 Å². The number of nitrogens with one attached hydrogen (secondary N) is 1. The molecule has 0 aliphatic carbocycles. The summed E-state index contributed by atoms with van der Waals surface area (Å²) in [6.07, 6.45) is 4.29. The molecule has 1 aromatic carbocycles. The van der Waals surface area contributed by atoms with Crippen LogP contribution in [0.3, 0.4) is 0 Å². The number of nitrogens with zero attached hydrogens (tertiary/aromatic N) is 1. The Bertz CT molecular complexity index is 599. The van der Waals surface area contributed by atoms with Crippen LogP contribution < -0.4 is 11.1 Å². The number of hydrogen-bond acceptors (Lipinski definition) is 4. The number of aromatic nitrogens is 1. The first-order valence-electron chi connectivity index (χ1n) is 7.28. The molecular formula is C16H21N3O. The van der Waals surface area contributed by atoms with Crippen molar-refractivity contribution in [3.05, 3.63) is 30.5 Å². The molecule has 0 spiro atoms. The van der Waals surface area contributed by atoms with E-state index in [4.69, 9.17) is 10.5 Å². The summed E-state index contributed by atoms with van der Waals surface area (Å²) in [6.45, 7) is 3.95. The van der Waals surface area contributed by atoms with Gasteiger partial charge >= 0.3 is 0 Å². The van der Waals surface area contributed by atoms with E-state index in [1.54, 1.807) is 6.20 Å². The van der Waals surface area contributed by atoms with Gasteiger partial charge < -0.3 is 15.8 Å². The van der Waals surface area contributed by atoms with Crippen LogP contribution in [0, 0.1) is 5.92 Å². The minimum atomic E-state index is 0.372. The molecule has 2 atom stereocenters. The van der Waals surface area contributed by atoms with Crippen molar-refractivity contribution >= 4 is 22.3 Å². The van der Waals surface area contributed by atoms with Crippen LogP contribution >= 0.6 is 0 Å². The third-order valence-electron chi connectivity index (χ3n) is 4.09. The molecule has 3 N–H and O–H groups in total. The Hall–Kier alpha value is -1.81. The van der Waals surface area contributed by atoms with Crippen molar-refractivity contribution in [2.45, 2.75) is 25.9 Å². The molecule has 20 heavy (non-hydrogen) atoms. The Labute approximate surface area is 119 Å². The van der Waals surface area contributed by atoms with Gasteiger partial charge in [0.25, 0.3) is 0 Å². The Morgan fingerprint density at radius 1 is 1.40 bits per heavy atom. The second kappa shape index (κ2) is 5.67. The van der Waals surface area contributed by atoms with Crippen molar-refractivity contribution in [2.24, 2.45) is 5.92 Å². The van der Waals surface area contributed by atoms with Crippen molar-refractivity contribution in [1.82, 2.24) is 4.98 Å². The van der Waals surface area contributed by atoms with Gasteiger partial charge in [-0.3, -0.25) is 4.98 Å². The van der Waals surface area contributed by atoms with E-state index in [0.29, 0.717) is 17.7 Å². The lowest BCUT2D eigenvalue weighted by Crippen LogP contribution is -2.23. The van der Waals surface area contributed by atoms with Crippen molar-refractivity contribution in [3.8, 4) is 0 Å². The lowest BCUT2D eigenvalue weighted by atomic mass is 9.99. The summed E-state index contributed by atoms with van der Waals surface area (Å²) in [5, 5.41) is 4.60. The average Bonchev–Trinajstić information content (AvgIpc) is 2.94. The first-order valence-corrected chi connectivity index (χ1v) is 7.28. The number of benzene rings is 1. The molecule has 1 aliphatic heterocycles. The van der Waals surface area contributed by atoms with Gasteiger partial charge in [0.2, 0.25) is 0 Å². The second-order valence-electron chi connectivity index (χ2n) is 5.35. The predicted octanol–water partition coefficient (Wildman–Crippen LogP) is 3.04. The fourth-order valence-electron chi connectivity index (χ4n) is 2.96. The number of rotatable bonds is 4. The highest BCUT2D eigenvalue weighted by atomic mass is 16.5. The Morgan fingerprint density at radius 3 is 3.10 bits per heavy atom. The summed E-state index contributed by atoms with van der Waals surface area (Å²) in [4.78, 5) is 4.36. The number of hydrogen-bond donors (Lipinski definition) is 2. The van der Waals surface area contributed by atoms with Gasteiger partial charge in [-0.05, 0) is 18.9 Å². The van der Waals surface area contributed by atoms with Crippen LogP contribution in [0.4, 0.5) is 11.4 Å². The van der Waals surface area contributed by atoms with E-state index in [1.165, 1.54) is 0 Å². The summed E-state index contributed by atoms with van der Waals surface area (Å²) >= 11 is 0. The number of para-hydroxylation sites is 1. The van der Waals surface area contributed by atoms with E-state index >= 15 is 0 Å². The standard InChI is InChI=1S/C16H21N3O/c1-2-15-11(7-8-20-15)9-19-16-12-5-3-4-6-14(12)18-10-13(16)17/h3-6,10-11,15H,2,7-9,17H2,1H3,(H,18,19). The average molecular weight is 271 g/mol. The van der Waals surface area contributed by atoms with Gasteiger partial charge in [0.15, 0.2) is 0 Å². The maximum absolute atomic E-state index is 6.08. The fraction of sp³-hybridized carbons (Fsp3) is 0.438. The summed E-state index contributed by atoms with van der Waals surface area (Å²) < 4.78 is 5.74. The third kappa shape index (κ3) is 2.43. The van der Waals surface area contributed by atoms with Crippen LogP contribution in [0.1, 0.15) is 19.8 Å². The van der Waals surface area contributed by atoms with E-state index in [1.807, 2.05) is 18.2 Å². The predicted molar refractivity (Wildman–Crippen MR) is 82.8 cm³/mol. The van der Waals surface area contributed by atoms with E-state index in [-0.39, 0.29) is 0 Å². The van der Waals surface area contributed by atoms with Crippen LogP contribution in [0.2, 0.25) is 0 Å². The number of anilines is 2. The second-order valence-corrected chi connectivity index (χ2v) is 5.35. The van der Waals surface area contributed by atoms with Gasteiger partial charge in [0.1, 0.15) is 0 Å². The zero-order valence-electron chi connectivity index (χ0n) is 11.8. The number of fused-ring (bicyclic) bond motifs is 1. The first kappa shape index (κ1) is 13.2. The lowest BCUT2D eigenvalue weighted by molar-refractivity contribution is 0.0900. The van der Waals surface area contributed by atoms with E-state index in [0.717, 1.165) is 42.6 Å². The Kier molecular flexibility index (Phi) is 3.74. The lowest BCUT2D eigenvalue weighted by Gasteiger charge is -2.19. The number of ether oxygens (including phenoxy) is 1. The molecule has 0 saturated carbocycles. The fourth-order valence-corrected chi connectivity index (χ4v) is 2.96. The maximum Gasteiger partial charge on any atom is 0.0743 e. The molecule has 1 aliphatic rings. The van der Waals surface area contributed by atoms with E-state index in [9.17, 15) is 0 Å². The number of pyridine rings is 1. The molecule has 3 rings (SSSR count). The molecule has 1 fully saturated rings. The zero-order valence-corrected chi connectivity index (χ0v) is 11.8. The molecule has 1 aromatic heterocycles. The van der Waals surface area contributed by atoms with Crippen LogP contribution in [-0.4, -0.2) is 24.2 Å². The summed E-state index contributed by atoms with van der Waals surface area (Å²) in [7, 11) is 0. The van der Waals surface area contributed by atoms with Gasteiger partial charge in [-0.15, -0.1) is 0 Å². The molecule has 4 nitrogen and oxygen atoms in total. The number of nitrogen functional groups attached to an aromatic ring is 1. The van der Waals surface area contributed by atoms with Gasteiger partial charge in [-0.1, -0.05) is 25.1 Å². The molecule has 2 unspecified atom stereocenters. The molecule has 1 saturated heterocycles. The van der Waals surface area contributed by atoms with Crippen molar-refractivity contribution in [1.29, 1.82) is 0 Å². The topological polar surface area (TPSA) is 60.2 Å². The summed E-state index contributed by atoms with van der Waals surface area (Å²) in [6, 6.07) is 8.08. The highest BCUT2D eigenvalue weighted by Gasteiger charge is 2.26. The quantitative estimate of drug-likeness (QED) is 0.897. The van der Waals surface area contributed by atoms with Gasteiger partial charge in [0, 0.05) is 24.5 Å². The van der Waals surface area contributed by atoms with Crippen molar-refractivity contribution in [2.75, 3.05) is 24.2 Å². The van der Waals surface area contributed by atoms with Gasteiger partial charge in [-0.2, -0.15) is 0 Å². The highest BCUT2D eigenvalue weighted by molar-refractivity contribution is 5.96. The zero-order chi connectivity index (χ0) is 13.9. The molecule has 106 valence electrons. The molecule has 0 radical (unpaired) electrons. The Balaban J connectivity index is 1.82. The summed E-state index contributed by atoms with van der Waals surface area (Å²) in [5.74, 6) is 0.561. The SMILES string of the molecule is CCC1OCCC1CNc1c(N)cnc2ccccc12. The van der Waals surface area contributed by atoms with Crippen molar-refractivity contribution < 1.29 is 4.74 Å². The largest absolute Gasteiger partial charge is 0.396 e. The minimum absolute atomic E-state index is 0.372. The van der Waals surface area contributed by atoms with Crippen LogP contribution in [0.25, 0.3) is 10.9 Å². The number of nitrogens with two attached hydrogens (primary N) is 1. The first-order chi connectivity index (χ1) is 9.79. The highest BCUT2D eigenvalue weighted by Crippen LogP contribution is 2.29. The summed E-state index contributed by atoms with van der Waals surface area (Å²) in [5.41, 5.74) is 8.76. The maximum atomic E-state index is 6.08. The molecule has 4 heteroatoms. The molecule has 0 amide bonds. The normalized spacial score (nSPS) is 22.2. The van der Waals surface area contributed by atoms with E-state index in [2.05, 4.69) is 23.3 Å². The third-order valence-corrected chi connectivity index (χ3v) is 4.09. The molecule has 2 heterocycles. The van der Waals surface area contributed by atoms with Crippen LogP contribution in [0.5, 0.6) is 0 Å². The Morgan fingerprint density at radius 2 is 2.25 bits per heavy atom. The minimum Gasteiger partial charge on any atom is -0.396 e.